The van der Waals surface area contributed by atoms with Crippen molar-refractivity contribution in [2.75, 3.05) is 31.6 Å². The number of rotatable bonds is 10. The number of guanidine groups is 1. The number of aliphatic imine (C=N–C) groups is 1. The second kappa shape index (κ2) is 11.1. The standard InChI is InChI=1S/C16H28N4O3S2/c1-4-17-16(20-13(2)8-12-25(3,22)23)19-10-6-9-18-15(21)14-7-5-11-24-14/h5,7,11,13H,4,6,8-10,12H2,1-3H3,(H,18,21)(H2,17,19,20). The van der Waals surface area contributed by atoms with Gasteiger partial charge in [-0.3, -0.25) is 9.79 Å². The number of thiophene rings is 1. The van der Waals surface area contributed by atoms with E-state index >= 15 is 0 Å². The zero-order valence-corrected chi connectivity index (χ0v) is 16.7. The van der Waals surface area contributed by atoms with Crippen molar-refractivity contribution in [3.05, 3.63) is 22.4 Å². The van der Waals surface area contributed by atoms with Gasteiger partial charge in [0.1, 0.15) is 9.84 Å². The van der Waals surface area contributed by atoms with Crippen LogP contribution in [0.2, 0.25) is 0 Å². The molecule has 1 rings (SSSR count). The molecule has 0 bridgehead atoms. The van der Waals surface area contributed by atoms with Gasteiger partial charge in [-0.15, -0.1) is 11.3 Å². The topological polar surface area (TPSA) is 99.7 Å². The molecule has 9 heteroatoms. The highest BCUT2D eigenvalue weighted by atomic mass is 32.2. The molecule has 1 amide bonds. The highest BCUT2D eigenvalue weighted by Crippen LogP contribution is 2.07. The zero-order chi connectivity index (χ0) is 18.7. The molecule has 0 aliphatic carbocycles. The SMILES string of the molecule is CCNC(=NCCCNC(=O)c1cccs1)NC(C)CCS(C)(=O)=O. The average Bonchev–Trinajstić information content (AvgIpc) is 3.06. The predicted molar refractivity (Wildman–Crippen MR) is 104 cm³/mol. The van der Waals surface area contributed by atoms with E-state index in [0.717, 1.165) is 13.0 Å². The molecule has 3 N–H and O–H groups in total. The number of carbonyl (C=O) groups excluding carboxylic acids is 1. The smallest absolute Gasteiger partial charge is 0.261 e. The van der Waals surface area contributed by atoms with Crippen LogP contribution in [-0.2, 0) is 9.84 Å². The Morgan fingerprint density at radius 3 is 2.72 bits per heavy atom. The number of amides is 1. The third-order valence-electron chi connectivity index (χ3n) is 3.28. The maximum atomic E-state index is 11.8. The molecule has 7 nitrogen and oxygen atoms in total. The summed E-state index contributed by atoms with van der Waals surface area (Å²) in [5.74, 6) is 0.751. The van der Waals surface area contributed by atoms with E-state index in [9.17, 15) is 13.2 Å². The van der Waals surface area contributed by atoms with E-state index in [1.54, 1.807) is 6.07 Å². The second-order valence-corrected chi connectivity index (χ2v) is 9.02. The number of nitrogens with zero attached hydrogens (tertiary/aromatic N) is 1. The van der Waals surface area contributed by atoms with E-state index in [-0.39, 0.29) is 17.7 Å². The number of nitrogens with one attached hydrogen (secondary N) is 3. The molecule has 1 aromatic heterocycles. The first-order chi connectivity index (χ1) is 11.8. The van der Waals surface area contributed by atoms with Crippen molar-refractivity contribution in [2.45, 2.75) is 32.7 Å². The molecular weight excluding hydrogens is 360 g/mol. The van der Waals surface area contributed by atoms with Gasteiger partial charge in [-0.25, -0.2) is 8.42 Å². The Labute approximate surface area is 154 Å². The minimum atomic E-state index is -2.96. The molecule has 0 aliphatic heterocycles. The third kappa shape index (κ3) is 10.1. The number of sulfone groups is 1. The molecule has 0 aliphatic rings. The normalized spacial score (nSPS) is 13.3. The summed E-state index contributed by atoms with van der Waals surface area (Å²) in [6, 6.07) is 3.65. The average molecular weight is 389 g/mol. The highest BCUT2D eigenvalue weighted by molar-refractivity contribution is 7.90. The number of hydrogen-bond donors (Lipinski definition) is 3. The Bertz CT molecular complexity index is 642. The molecule has 0 spiro atoms. The van der Waals surface area contributed by atoms with Gasteiger partial charge in [-0.2, -0.15) is 0 Å². The predicted octanol–water partition coefficient (Wildman–Crippen LogP) is 1.25. The summed E-state index contributed by atoms with van der Waals surface area (Å²) in [6.07, 6.45) is 2.50. The van der Waals surface area contributed by atoms with Crippen molar-refractivity contribution in [3.63, 3.8) is 0 Å². The molecule has 0 aromatic carbocycles. The lowest BCUT2D eigenvalue weighted by Crippen LogP contribution is -2.43. The van der Waals surface area contributed by atoms with Crippen LogP contribution >= 0.6 is 11.3 Å². The lowest BCUT2D eigenvalue weighted by atomic mass is 10.3. The molecule has 25 heavy (non-hydrogen) atoms. The largest absolute Gasteiger partial charge is 0.357 e. The summed E-state index contributed by atoms with van der Waals surface area (Å²) in [4.78, 5) is 17.0. The van der Waals surface area contributed by atoms with Crippen molar-refractivity contribution < 1.29 is 13.2 Å². The Hall–Kier alpha value is -1.61. The van der Waals surface area contributed by atoms with Crippen molar-refractivity contribution in [1.29, 1.82) is 0 Å². The first kappa shape index (κ1) is 21.4. The van der Waals surface area contributed by atoms with Gasteiger partial charge < -0.3 is 16.0 Å². The molecular formula is C16H28N4O3S2. The van der Waals surface area contributed by atoms with Crippen molar-refractivity contribution >= 4 is 33.0 Å². The molecule has 1 atom stereocenters. The Kier molecular flexibility index (Phi) is 9.51. The molecule has 0 radical (unpaired) electrons. The fourth-order valence-corrected chi connectivity index (χ4v) is 3.40. The van der Waals surface area contributed by atoms with Gasteiger partial charge in [-0.05, 0) is 38.1 Å². The minimum absolute atomic E-state index is 0.00561. The van der Waals surface area contributed by atoms with E-state index in [1.807, 2.05) is 25.3 Å². The monoisotopic (exact) mass is 388 g/mol. The molecule has 1 unspecified atom stereocenters. The van der Waals surface area contributed by atoms with Gasteiger partial charge in [0.05, 0.1) is 10.6 Å². The molecule has 0 saturated heterocycles. The lowest BCUT2D eigenvalue weighted by Gasteiger charge is -2.17. The van der Waals surface area contributed by atoms with Crippen molar-refractivity contribution in [3.8, 4) is 0 Å². The Morgan fingerprint density at radius 1 is 1.36 bits per heavy atom. The van der Waals surface area contributed by atoms with E-state index in [2.05, 4.69) is 20.9 Å². The highest BCUT2D eigenvalue weighted by Gasteiger charge is 2.09. The van der Waals surface area contributed by atoms with Crippen LogP contribution in [0.1, 0.15) is 36.4 Å². The lowest BCUT2D eigenvalue weighted by molar-refractivity contribution is 0.0957. The third-order valence-corrected chi connectivity index (χ3v) is 5.13. The van der Waals surface area contributed by atoms with Crippen LogP contribution < -0.4 is 16.0 Å². The molecule has 0 fully saturated rings. The Balaban J connectivity index is 2.33. The molecule has 0 saturated carbocycles. The molecule has 1 aromatic rings. The van der Waals surface area contributed by atoms with E-state index in [1.165, 1.54) is 17.6 Å². The zero-order valence-electron chi connectivity index (χ0n) is 15.0. The van der Waals surface area contributed by atoms with Crippen molar-refractivity contribution in [1.82, 2.24) is 16.0 Å². The fraction of sp³-hybridized carbons (Fsp3) is 0.625. The maximum absolute atomic E-state index is 11.8. The summed E-state index contributed by atoms with van der Waals surface area (Å²) < 4.78 is 22.4. The quantitative estimate of drug-likeness (QED) is 0.318. The first-order valence-corrected chi connectivity index (χ1v) is 11.3. The summed E-state index contributed by atoms with van der Waals surface area (Å²) in [5, 5.41) is 11.1. The van der Waals surface area contributed by atoms with E-state index < -0.39 is 9.84 Å². The fourth-order valence-electron chi connectivity index (χ4n) is 1.98. The van der Waals surface area contributed by atoms with Gasteiger partial charge in [0.15, 0.2) is 5.96 Å². The van der Waals surface area contributed by atoms with Crippen LogP contribution in [0.3, 0.4) is 0 Å². The van der Waals surface area contributed by atoms with Gasteiger partial charge in [-0.1, -0.05) is 6.07 Å². The minimum Gasteiger partial charge on any atom is -0.357 e. The van der Waals surface area contributed by atoms with Crippen LogP contribution in [0.5, 0.6) is 0 Å². The molecule has 1 heterocycles. The van der Waals surface area contributed by atoms with Crippen LogP contribution in [0, 0.1) is 0 Å². The van der Waals surface area contributed by atoms with Crippen molar-refractivity contribution in [2.24, 2.45) is 4.99 Å². The molecule has 142 valence electrons. The van der Waals surface area contributed by atoms with Gasteiger partial charge in [0.2, 0.25) is 0 Å². The summed E-state index contributed by atoms with van der Waals surface area (Å²) >= 11 is 1.42. The summed E-state index contributed by atoms with van der Waals surface area (Å²) in [5.41, 5.74) is 0. The van der Waals surface area contributed by atoms with Gasteiger partial charge in [0, 0.05) is 31.9 Å². The number of hydrogen-bond acceptors (Lipinski definition) is 5. The van der Waals surface area contributed by atoms with Crippen LogP contribution in [0.4, 0.5) is 0 Å². The second-order valence-electron chi connectivity index (χ2n) is 5.81. The van der Waals surface area contributed by atoms with Gasteiger partial charge in [0.25, 0.3) is 5.91 Å². The van der Waals surface area contributed by atoms with Crippen LogP contribution in [-0.4, -0.2) is 58.0 Å². The summed E-state index contributed by atoms with van der Waals surface area (Å²) in [6.45, 7) is 5.75. The first-order valence-electron chi connectivity index (χ1n) is 8.36. The van der Waals surface area contributed by atoms with Gasteiger partial charge >= 0.3 is 0 Å². The number of carbonyl (C=O) groups is 1. The Morgan fingerprint density at radius 2 is 2.12 bits per heavy atom. The van der Waals surface area contributed by atoms with E-state index in [0.29, 0.717) is 30.3 Å². The summed E-state index contributed by atoms with van der Waals surface area (Å²) in [7, 11) is -2.96. The maximum Gasteiger partial charge on any atom is 0.261 e. The van der Waals surface area contributed by atoms with Crippen LogP contribution in [0.25, 0.3) is 0 Å². The van der Waals surface area contributed by atoms with E-state index in [4.69, 9.17) is 0 Å². The van der Waals surface area contributed by atoms with Crippen LogP contribution in [0.15, 0.2) is 22.5 Å².